The van der Waals surface area contributed by atoms with E-state index in [2.05, 4.69) is 64.2 Å². The van der Waals surface area contributed by atoms with Crippen LogP contribution in [0, 0.1) is 12.3 Å². The predicted octanol–water partition coefficient (Wildman–Crippen LogP) is 4.04. The average molecular weight is 287 g/mol. The number of ether oxygens (including phenoxy) is 1. The standard InChI is InChI=1S/C19H29NO/c1-14-7-6-8-15(11-14)16-12-20-10-9-19(16)13-17(2,3)21-18(19,4)5/h6-8,11,16,20H,9-10,12-13H2,1-5H3. The van der Waals surface area contributed by atoms with Gasteiger partial charge in [0.25, 0.3) is 0 Å². The summed E-state index contributed by atoms with van der Waals surface area (Å²) in [5.41, 5.74) is 2.95. The fourth-order valence-electron chi connectivity index (χ4n) is 4.98. The molecule has 1 aromatic rings. The van der Waals surface area contributed by atoms with E-state index < -0.39 is 0 Å². The Morgan fingerprint density at radius 1 is 1.19 bits per heavy atom. The Morgan fingerprint density at radius 2 is 1.95 bits per heavy atom. The zero-order valence-corrected chi connectivity index (χ0v) is 14.1. The van der Waals surface area contributed by atoms with E-state index in [0.717, 1.165) is 19.5 Å². The van der Waals surface area contributed by atoms with E-state index >= 15 is 0 Å². The molecule has 2 fully saturated rings. The van der Waals surface area contributed by atoms with Crippen LogP contribution in [0.5, 0.6) is 0 Å². The lowest BCUT2D eigenvalue weighted by molar-refractivity contribution is -0.104. The molecule has 21 heavy (non-hydrogen) atoms. The average Bonchev–Trinajstić information content (AvgIpc) is 2.54. The Balaban J connectivity index is 2.06. The lowest BCUT2D eigenvalue weighted by Gasteiger charge is -2.49. The molecule has 0 saturated carbocycles. The first-order valence-electron chi connectivity index (χ1n) is 8.23. The number of aryl methyl sites for hydroxylation is 1. The molecule has 2 aliphatic heterocycles. The van der Waals surface area contributed by atoms with Gasteiger partial charge >= 0.3 is 0 Å². The van der Waals surface area contributed by atoms with E-state index in [1.165, 1.54) is 17.5 Å². The van der Waals surface area contributed by atoms with Crippen molar-refractivity contribution in [1.29, 1.82) is 0 Å². The molecule has 1 spiro atoms. The van der Waals surface area contributed by atoms with E-state index in [9.17, 15) is 0 Å². The third-order valence-corrected chi connectivity index (χ3v) is 5.68. The number of rotatable bonds is 1. The molecule has 0 aromatic heterocycles. The van der Waals surface area contributed by atoms with Crippen molar-refractivity contribution in [1.82, 2.24) is 5.32 Å². The molecule has 2 unspecified atom stereocenters. The van der Waals surface area contributed by atoms with Gasteiger partial charge in [-0.25, -0.2) is 0 Å². The predicted molar refractivity (Wildman–Crippen MR) is 87.7 cm³/mol. The molecular weight excluding hydrogens is 258 g/mol. The van der Waals surface area contributed by atoms with E-state index in [0.29, 0.717) is 5.92 Å². The minimum absolute atomic E-state index is 0.0249. The smallest absolute Gasteiger partial charge is 0.0697 e. The van der Waals surface area contributed by atoms with E-state index in [4.69, 9.17) is 4.74 Å². The molecule has 2 heterocycles. The van der Waals surface area contributed by atoms with Crippen LogP contribution in [0.15, 0.2) is 24.3 Å². The summed E-state index contributed by atoms with van der Waals surface area (Å²) in [6.45, 7) is 13.5. The molecule has 2 saturated heterocycles. The normalized spacial score (nSPS) is 34.2. The van der Waals surface area contributed by atoms with Crippen LogP contribution >= 0.6 is 0 Å². The van der Waals surface area contributed by atoms with Gasteiger partial charge in [-0.2, -0.15) is 0 Å². The van der Waals surface area contributed by atoms with Crippen LogP contribution in [0.4, 0.5) is 0 Å². The van der Waals surface area contributed by atoms with Crippen molar-refractivity contribution in [2.24, 2.45) is 5.41 Å². The van der Waals surface area contributed by atoms with E-state index in [1.807, 2.05) is 0 Å². The van der Waals surface area contributed by atoms with Crippen molar-refractivity contribution >= 4 is 0 Å². The third kappa shape index (κ3) is 2.43. The summed E-state index contributed by atoms with van der Waals surface area (Å²) in [5.74, 6) is 0.530. The molecule has 1 aromatic carbocycles. The third-order valence-electron chi connectivity index (χ3n) is 5.68. The zero-order valence-electron chi connectivity index (χ0n) is 14.1. The largest absolute Gasteiger partial charge is 0.369 e. The SMILES string of the molecule is Cc1cccc(C2CNCCC23CC(C)(C)OC3(C)C)c1. The molecule has 0 amide bonds. The highest BCUT2D eigenvalue weighted by atomic mass is 16.5. The van der Waals surface area contributed by atoms with Crippen molar-refractivity contribution in [3.63, 3.8) is 0 Å². The van der Waals surface area contributed by atoms with Crippen LogP contribution in [0.3, 0.4) is 0 Å². The summed E-state index contributed by atoms with van der Waals surface area (Å²) >= 11 is 0. The minimum Gasteiger partial charge on any atom is -0.369 e. The van der Waals surface area contributed by atoms with Gasteiger partial charge in [0.15, 0.2) is 0 Å². The van der Waals surface area contributed by atoms with Gasteiger partial charge < -0.3 is 10.1 Å². The molecule has 0 radical (unpaired) electrons. The lowest BCUT2D eigenvalue weighted by Crippen LogP contribution is -2.52. The zero-order chi connectivity index (χ0) is 15.3. The van der Waals surface area contributed by atoms with E-state index in [-0.39, 0.29) is 16.6 Å². The molecule has 116 valence electrons. The summed E-state index contributed by atoms with van der Waals surface area (Å²) in [7, 11) is 0. The monoisotopic (exact) mass is 287 g/mol. The van der Waals surface area contributed by atoms with Crippen LogP contribution < -0.4 is 5.32 Å². The first-order valence-corrected chi connectivity index (χ1v) is 8.23. The van der Waals surface area contributed by atoms with Crippen molar-refractivity contribution in [3.05, 3.63) is 35.4 Å². The quantitative estimate of drug-likeness (QED) is 0.842. The molecule has 2 nitrogen and oxygen atoms in total. The first kappa shape index (κ1) is 15.1. The van der Waals surface area contributed by atoms with Crippen LogP contribution in [-0.4, -0.2) is 24.3 Å². The highest BCUT2D eigenvalue weighted by Gasteiger charge is 2.60. The number of hydrogen-bond acceptors (Lipinski definition) is 2. The van der Waals surface area contributed by atoms with Gasteiger partial charge in [-0.15, -0.1) is 0 Å². The van der Waals surface area contributed by atoms with Crippen molar-refractivity contribution in [3.8, 4) is 0 Å². The Morgan fingerprint density at radius 3 is 2.57 bits per heavy atom. The molecular formula is C19H29NO. The second kappa shape index (κ2) is 4.82. The second-order valence-corrected chi connectivity index (χ2v) is 8.13. The number of hydrogen-bond donors (Lipinski definition) is 1. The van der Waals surface area contributed by atoms with Crippen LogP contribution in [0.2, 0.25) is 0 Å². The number of benzene rings is 1. The molecule has 2 aliphatic rings. The van der Waals surface area contributed by atoms with Gasteiger partial charge in [0, 0.05) is 17.9 Å². The van der Waals surface area contributed by atoms with Gasteiger partial charge in [0.05, 0.1) is 11.2 Å². The lowest BCUT2D eigenvalue weighted by atomic mass is 9.58. The van der Waals surface area contributed by atoms with Crippen LogP contribution in [0.25, 0.3) is 0 Å². The summed E-state index contributed by atoms with van der Waals surface area (Å²) in [6.07, 6.45) is 2.34. The summed E-state index contributed by atoms with van der Waals surface area (Å²) in [4.78, 5) is 0. The highest BCUT2D eigenvalue weighted by molar-refractivity contribution is 5.31. The van der Waals surface area contributed by atoms with Crippen molar-refractivity contribution in [2.45, 2.75) is 64.6 Å². The molecule has 0 aliphatic carbocycles. The van der Waals surface area contributed by atoms with Crippen LogP contribution in [-0.2, 0) is 4.74 Å². The van der Waals surface area contributed by atoms with Gasteiger partial charge in [-0.3, -0.25) is 0 Å². The van der Waals surface area contributed by atoms with Crippen molar-refractivity contribution < 1.29 is 4.74 Å². The Kier molecular flexibility index (Phi) is 3.46. The maximum Gasteiger partial charge on any atom is 0.0697 e. The van der Waals surface area contributed by atoms with Gasteiger partial charge in [-0.05, 0) is 59.6 Å². The van der Waals surface area contributed by atoms with Crippen molar-refractivity contribution in [2.75, 3.05) is 13.1 Å². The van der Waals surface area contributed by atoms with Gasteiger partial charge in [0.2, 0.25) is 0 Å². The molecule has 2 heteroatoms. The second-order valence-electron chi connectivity index (χ2n) is 8.13. The fraction of sp³-hybridized carbons (Fsp3) is 0.684. The highest BCUT2D eigenvalue weighted by Crippen LogP contribution is 2.60. The topological polar surface area (TPSA) is 21.3 Å². The fourth-order valence-corrected chi connectivity index (χ4v) is 4.98. The molecule has 3 rings (SSSR count). The Bertz CT molecular complexity index is 534. The van der Waals surface area contributed by atoms with Gasteiger partial charge in [-0.1, -0.05) is 29.8 Å². The maximum absolute atomic E-state index is 6.48. The molecule has 1 N–H and O–H groups in total. The number of nitrogens with one attached hydrogen (secondary N) is 1. The summed E-state index contributed by atoms with van der Waals surface area (Å²) < 4.78 is 6.48. The molecule has 0 bridgehead atoms. The maximum atomic E-state index is 6.48. The minimum atomic E-state index is -0.0764. The Hall–Kier alpha value is -0.860. The summed E-state index contributed by atoms with van der Waals surface area (Å²) in [5, 5.41) is 3.61. The summed E-state index contributed by atoms with van der Waals surface area (Å²) in [6, 6.07) is 9.04. The van der Waals surface area contributed by atoms with E-state index in [1.54, 1.807) is 0 Å². The number of piperidine rings is 1. The first-order chi connectivity index (χ1) is 9.76. The Labute approximate surface area is 129 Å². The van der Waals surface area contributed by atoms with Gasteiger partial charge in [0.1, 0.15) is 0 Å². The van der Waals surface area contributed by atoms with Crippen LogP contribution in [0.1, 0.15) is 57.6 Å². The molecule has 2 atom stereocenters.